The van der Waals surface area contributed by atoms with Gasteiger partial charge in [0.05, 0.1) is 11.3 Å². The van der Waals surface area contributed by atoms with Crippen molar-refractivity contribution < 1.29 is 14.7 Å². The maximum absolute atomic E-state index is 12.9. The van der Waals surface area contributed by atoms with Gasteiger partial charge in [-0.3, -0.25) is 4.79 Å². The minimum Gasteiger partial charge on any atom is -0.478 e. The quantitative estimate of drug-likeness (QED) is 0.642. The van der Waals surface area contributed by atoms with Crippen LogP contribution in [-0.2, 0) is 11.8 Å². The van der Waals surface area contributed by atoms with Gasteiger partial charge in [-0.1, -0.05) is 54.2 Å². The van der Waals surface area contributed by atoms with Crippen LogP contribution in [0.1, 0.15) is 21.2 Å². The number of tetrazole rings is 1. The van der Waals surface area contributed by atoms with Gasteiger partial charge in [0.25, 0.3) is 0 Å². The molecular weight excluding hydrogens is 354 g/mol. The van der Waals surface area contributed by atoms with Crippen molar-refractivity contribution in [3.63, 3.8) is 0 Å². The number of aromatic carboxylic acids is 1. The Morgan fingerprint density at radius 3 is 2.46 bits per heavy atom. The van der Waals surface area contributed by atoms with E-state index in [2.05, 4.69) is 20.8 Å². The molecule has 0 saturated carbocycles. The van der Waals surface area contributed by atoms with Crippen LogP contribution in [0.2, 0.25) is 0 Å². The molecule has 9 heteroatoms. The first kappa shape index (κ1) is 17.6. The van der Waals surface area contributed by atoms with Crippen molar-refractivity contribution >= 4 is 29.3 Å². The number of hydrogen-bond donors (Lipinski definition) is 2. The second kappa shape index (κ2) is 7.79. The van der Waals surface area contributed by atoms with Gasteiger partial charge in [0, 0.05) is 7.05 Å². The number of carboxylic acids is 1. The van der Waals surface area contributed by atoms with E-state index in [0.29, 0.717) is 5.16 Å². The first-order valence-corrected chi connectivity index (χ1v) is 8.51. The summed E-state index contributed by atoms with van der Waals surface area (Å²) in [6.07, 6.45) is 0. The molecule has 26 heavy (non-hydrogen) atoms. The van der Waals surface area contributed by atoms with Crippen molar-refractivity contribution in [2.45, 2.75) is 10.4 Å². The first-order chi connectivity index (χ1) is 12.6. The molecular formula is C17H15N5O3S. The van der Waals surface area contributed by atoms with Crippen LogP contribution in [0.5, 0.6) is 0 Å². The lowest BCUT2D eigenvalue weighted by atomic mass is 10.1. The SMILES string of the molecule is Cn1nnnc1S[C@@H](C(=O)Nc1ccccc1C(=O)O)c1ccccc1. The summed E-state index contributed by atoms with van der Waals surface area (Å²) in [5, 5.41) is 23.1. The highest BCUT2D eigenvalue weighted by molar-refractivity contribution is 8.00. The zero-order chi connectivity index (χ0) is 18.5. The molecule has 0 unspecified atom stereocenters. The van der Waals surface area contributed by atoms with E-state index in [1.54, 1.807) is 25.2 Å². The van der Waals surface area contributed by atoms with Crippen LogP contribution in [0.25, 0.3) is 0 Å². The van der Waals surface area contributed by atoms with E-state index >= 15 is 0 Å². The fourth-order valence-electron chi connectivity index (χ4n) is 2.30. The average Bonchev–Trinajstić information content (AvgIpc) is 3.05. The lowest BCUT2D eigenvalue weighted by molar-refractivity contribution is -0.115. The molecule has 0 saturated heterocycles. The number of nitrogens with zero attached hydrogens (tertiary/aromatic N) is 4. The van der Waals surface area contributed by atoms with Crippen LogP contribution < -0.4 is 5.32 Å². The molecule has 1 aromatic heterocycles. The highest BCUT2D eigenvalue weighted by Crippen LogP contribution is 2.34. The summed E-state index contributed by atoms with van der Waals surface area (Å²) in [5.41, 5.74) is 1.02. The van der Waals surface area contributed by atoms with Crippen molar-refractivity contribution in [3.8, 4) is 0 Å². The molecule has 3 rings (SSSR count). The van der Waals surface area contributed by atoms with Gasteiger partial charge in [-0.05, 0) is 28.1 Å². The average molecular weight is 369 g/mol. The molecule has 1 amide bonds. The van der Waals surface area contributed by atoms with E-state index < -0.39 is 11.2 Å². The number of para-hydroxylation sites is 1. The van der Waals surface area contributed by atoms with Gasteiger partial charge in [0.1, 0.15) is 5.25 Å². The molecule has 132 valence electrons. The van der Waals surface area contributed by atoms with E-state index in [9.17, 15) is 14.7 Å². The summed E-state index contributed by atoms with van der Waals surface area (Å²) in [5.74, 6) is -1.47. The summed E-state index contributed by atoms with van der Waals surface area (Å²) in [6, 6.07) is 15.4. The number of amides is 1. The Morgan fingerprint density at radius 2 is 1.81 bits per heavy atom. The van der Waals surface area contributed by atoms with Crippen molar-refractivity contribution in [1.82, 2.24) is 20.2 Å². The van der Waals surface area contributed by atoms with Gasteiger partial charge in [0.2, 0.25) is 11.1 Å². The minimum atomic E-state index is -1.11. The Morgan fingerprint density at radius 1 is 1.12 bits per heavy atom. The maximum atomic E-state index is 12.9. The number of thioether (sulfide) groups is 1. The Bertz CT molecular complexity index is 929. The molecule has 0 aliphatic carbocycles. The van der Waals surface area contributed by atoms with Gasteiger partial charge in [-0.15, -0.1) is 5.10 Å². The molecule has 1 atom stereocenters. The van der Waals surface area contributed by atoms with Crippen molar-refractivity contribution in [2.75, 3.05) is 5.32 Å². The first-order valence-electron chi connectivity index (χ1n) is 7.63. The second-order valence-electron chi connectivity index (χ2n) is 5.33. The number of carbonyl (C=O) groups excluding carboxylic acids is 1. The number of rotatable bonds is 6. The molecule has 0 aliphatic heterocycles. The Hall–Kier alpha value is -3.20. The highest BCUT2D eigenvalue weighted by Gasteiger charge is 2.25. The lowest BCUT2D eigenvalue weighted by Gasteiger charge is -2.17. The maximum Gasteiger partial charge on any atom is 0.337 e. The predicted octanol–water partition coefficient (Wildman–Crippen LogP) is 2.38. The minimum absolute atomic E-state index is 0.0259. The van der Waals surface area contributed by atoms with E-state index in [1.165, 1.54) is 22.5 Å². The topological polar surface area (TPSA) is 110 Å². The van der Waals surface area contributed by atoms with E-state index in [1.807, 2.05) is 30.3 Å². The molecule has 8 nitrogen and oxygen atoms in total. The van der Waals surface area contributed by atoms with E-state index in [4.69, 9.17) is 0 Å². The van der Waals surface area contributed by atoms with Crippen LogP contribution >= 0.6 is 11.8 Å². The third-order valence-electron chi connectivity index (χ3n) is 3.56. The van der Waals surface area contributed by atoms with E-state index in [-0.39, 0.29) is 17.2 Å². The number of benzene rings is 2. The largest absolute Gasteiger partial charge is 0.478 e. The van der Waals surface area contributed by atoms with E-state index in [0.717, 1.165) is 5.56 Å². The highest BCUT2D eigenvalue weighted by atomic mass is 32.2. The Kier molecular flexibility index (Phi) is 5.28. The summed E-state index contributed by atoms with van der Waals surface area (Å²) in [6.45, 7) is 0. The van der Waals surface area contributed by atoms with Crippen LogP contribution in [0, 0.1) is 0 Å². The third kappa shape index (κ3) is 3.89. The number of nitrogens with one attached hydrogen (secondary N) is 1. The predicted molar refractivity (Wildman–Crippen MR) is 95.9 cm³/mol. The molecule has 1 heterocycles. The summed E-state index contributed by atoms with van der Waals surface area (Å²) in [7, 11) is 1.68. The van der Waals surface area contributed by atoms with Crippen LogP contribution in [-0.4, -0.2) is 37.2 Å². The number of carboxylic acid groups (broad SMARTS) is 1. The van der Waals surface area contributed by atoms with Crippen LogP contribution in [0.4, 0.5) is 5.69 Å². The molecule has 0 aliphatic rings. The van der Waals surface area contributed by atoms with Gasteiger partial charge in [0.15, 0.2) is 0 Å². The molecule has 0 fully saturated rings. The zero-order valence-corrected chi connectivity index (χ0v) is 14.6. The van der Waals surface area contributed by atoms with Gasteiger partial charge in [-0.25, -0.2) is 9.48 Å². The summed E-state index contributed by atoms with van der Waals surface area (Å²) >= 11 is 1.18. The Balaban J connectivity index is 1.91. The molecule has 2 aromatic carbocycles. The number of hydrogen-bond acceptors (Lipinski definition) is 6. The number of carbonyl (C=O) groups is 2. The second-order valence-corrected chi connectivity index (χ2v) is 6.41. The summed E-state index contributed by atoms with van der Waals surface area (Å²) in [4.78, 5) is 24.3. The third-order valence-corrected chi connectivity index (χ3v) is 4.84. The van der Waals surface area contributed by atoms with Crippen molar-refractivity contribution in [1.29, 1.82) is 0 Å². The molecule has 0 spiro atoms. The monoisotopic (exact) mass is 369 g/mol. The van der Waals surface area contributed by atoms with Crippen molar-refractivity contribution in [2.24, 2.45) is 7.05 Å². The fraction of sp³-hybridized carbons (Fsp3) is 0.118. The van der Waals surface area contributed by atoms with Crippen LogP contribution in [0.3, 0.4) is 0 Å². The number of anilines is 1. The van der Waals surface area contributed by atoms with Gasteiger partial charge < -0.3 is 10.4 Å². The molecule has 0 radical (unpaired) electrons. The standard InChI is InChI=1S/C17H15N5O3S/c1-22-17(19-20-21-22)26-14(11-7-3-2-4-8-11)15(23)18-13-10-6-5-9-12(13)16(24)25/h2-10,14H,1H3,(H,18,23)(H,24,25)/t14-/m1/s1. The fourth-order valence-corrected chi connectivity index (χ4v) is 3.25. The lowest BCUT2D eigenvalue weighted by Crippen LogP contribution is -2.21. The zero-order valence-electron chi connectivity index (χ0n) is 13.7. The summed E-state index contributed by atoms with van der Waals surface area (Å²) < 4.78 is 1.47. The normalized spacial score (nSPS) is 11.7. The van der Waals surface area contributed by atoms with Crippen LogP contribution in [0.15, 0.2) is 59.8 Å². The number of aryl methyl sites for hydroxylation is 1. The molecule has 2 N–H and O–H groups in total. The number of aromatic nitrogens is 4. The van der Waals surface area contributed by atoms with Gasteiger partial charge >= 0.3 is 5.97 Å². The molecule has 0 bridgehead atoms. The smallest absolute Gasteiger partial charge is 0.337 e. The Labute approximate surface area is 153 Å². The van der Waals surface area contributed by atoms with Gasteiger partial charge in [-0.2, -0.15) is 0 Å². The van der Waals surface area contributed by atoms with Crippen molar-refractivity contribution in [3.05, 3.63) is 65.7 Å². The molecule has 3 aromatic rings.